The van der Waals surface area contributed by atoms with Crippen LogP contribution in [0, 0.1) is 11.3 Å². The van der Waals surface area contributed by atoms with Crippen LogP contribution in [0.2, 0.25) is 0 Å². The molecule has 0 atom stereocenters. The highest BCUT2D eigenvalue weighted by atomic mass is 16.2. The van der Waals surface area contributed by atoms with Crippen molar-refractivity contribution in [1.29, 1.82) is 5.26 Å². The van der Waals surface area contributed by atoms with Crippen molar-refractivity contribution in [3.63, 3.8) is 0 Å². The van der Waals surface area contributed by atoms with Gasteiger partial charge in [-0.25, -0.2) is 0 Å². The molecule has 2 aromatic rings. The number of carbonyl (C=O) groups excluding carboxylic acids is 1. The van der Waals surface area contributed by atoms with Crippen LogP contribution in [0.5, 0.6) is 0 Å². The SMILES string of the molecule is N#CCN1CCN(C(=O)c2cccc3nccnc23)CC1. The Bertz CT molecular complexity index is 695. The van der Waals surface area contributed by atoms with Crippen LogP contribution >= 0.6 is 0 Å². The third-order valence-corrected chi connectivity index (χ3v) is 3.68. The first kappa shape index (κ1) is 13.5. The predicted octanol–water partition coefficient (Wildman–Crippen LogP) is 0.911. The van der Waals surface area contributed by atoms with Gasteiger partial charge in [0.15, 0.2) is 0 Å². The topological polar surface area (TPSA) is 73.1 Å². The van der Waals surface area contributed by atoms with E-state index in [2.05, 4.69) is 16.0 Å². The second-order valence-electron chi connectivity index (χ2n) is 4.96. The van der Waals surface area contributed by atoms with Crippen LogP contribution in [0.4, 0.5) is 0 Å². The molecule has 106 valence electrons. The zero-order chi connectivity index (χ0) is 14.7. The number of piperazine rings is 1. The first-order valence-electron chi connectivity index (χ1n) is 6.88. The Hall–Kier alpha value is -2.52. The lowest BCUT2D eigenvalue weighted by Crippen LogP contribution is -2.48. The maximum atomic E-state index is 12.7. The second kappa shape index (κ2) is 5.85. The molecule has 1 saturated heterocycles. The molecule has 1 fully saturated rings. The number of hydrogen-bond acceptors (Lipinski definition) is 5. The van der Waals surface area contributed by atoms with Crippen LogP contribution in [-0.2, 0) is 0 Å². The van der Waals surface area contributed by atoms with E-state index >= 15 is 0 Å². The Morgan fingerprint density at radius 2 is 1.95 bits per heavy atom. The van der Waals surface area contributed by atoms with Gasteiger partial charge in [-0.2, -0.15) is 5.26 Å². The summed E-state index contributed by atoms with van der Waals surface area (Å²) in [7, 11) is 0. The molecule has 0 aliphatic carbocycles. The molecule has 0 bridgehead atoms. The molecular weight excluding hydrogens is 266 g/mol. The standard InChI is InChI=1S/C15H15N5O/c16-4-7-19-8-10-20(11-9-19)15(21)12-2-1-3-13-14(12)18-6-5-17-13/h1-3,5-6H,7-11H2. The molecule has 2 heterocycles. The lowest BCUT2D eigenvalue weighted by atomic mass is 10.1. The van der Waals surface area contributed by atoms with E-state index in [0.29, 0.717) is 30.7 Å². The molecule has 0 radical (unpaired) electrons. The molecule has 1 aromatic carbocycles. The van der Waals surface area contributed by atoms with E-state index in [0.717, 1.165) is 18.6 Å². The second-order valence-corrected chi connectivity index (χ2v) is 4.96. The molecule has 1 aliphatic heterocycles. The molecule has 21 heavy (non-hydrogen) atoms. The molecule has 3 rings (SSSR count). The van der Waals surface area contributed by atoms with Gasteiger partial charge in [-0.05, 0) is 12.1 Å². The fourth-order valence-electron chi connectivity index (χ4n) is 2.54. The highest BCUT2D eigenvalue weighted by Gasteiger charge is 2.23. The number of nitrogens with zero attached hydrogens (tertiary/aromatic N) is 5. The molecule has 1 aromatic heterocycles. The molecule has 0 unspecified atom stereocenters. The highest BCUT2D eigenvalue weighted by Crippen LogP contribution is 2.17. The smallest absolute Gasteiger partial charge is 0.256 e. The highest BCUT2D eigenvalue weighted by molar-refractivity contribution is 6.04. The van der Waals surface area contributed by atoms with Crippen LogP contribution < -0.4 is 0 Å². The van der Waals surface area contributed by atoms with Gasteiger partial charge < -0.3 is 4.90 Å². The summed E-state index contributed by atoms with van der Waals surface area (Å²) in [5.74, 6) is -0.0160. The Labute approximate surface area is 122 Å². The zero-order valence-electron chi connectivity index (χ0n) is 11.6. The van der Waals surface area contributed by atoms with Crippen LogP contribution in [0.15, 0.2) is 30.6 Å². The number of hydrogen-bond donors (Lipinski definition) is 0. The largest absolute Gasteiger partial charge is 0.336 e. The van der Waals surface area contributed by atoms with Gasteiger partial charge in [-0.15, -0.1) is 0 Å². The van der Waals surface area contributed by atoms with Crippen LogP contribution in [0.25, 0.3) is 11.0 Å². The number of para-hydroxylation sites is 1. The van der Waals surface area contributed by atoms with Crippen LogP contribution in [0.3, 0.4) is 0 Å². The van der Waals surface area contributed by atoms with Crippen molar-refractivity contribution in [1.82, 2.24) is 19.8 Å². The summed E-state index contributed by atoms with van der Waals surface area (Å²) in [5.41, 5.74) is 1.96. The number of aromatic nitrogens is 2. The molecule has 0 saturated carbocycles. The lowest BCUT2D eigenvalue weighted by Gasteiger charge is -2.33. The number of carbonyl (C=O) groups is 1. The summed E-state index contributed by atoms with van der Waals surface area (Å²) in [6.45, 7) is 3.15. The van der Waals surface area contributed by atoms with Gasteiger partial charge in [0.05, 0.1) is 23.7 Å². The summed E-state index contributed by atoms with van der Waals surface area (Å²) >= 11 is 0. The Morgan fingerprint density at radius 1 is 1.19 bits per heavy atom. The number of fused-ring (bicyclic) bond motifs is 1. The molecule has 1 amide bonds. The quantitative estimate of drug-likeness (QED) is 0.765. The molecular formula is C15H15N5O. The molecule has 0 N–H and O–H groups in total. The van der Waals surface area contributed by atoms with Gasteiger partial charge in [-0.3, -0.25) is 19.7 Å². The van der Waals surface area contributed by atoms with Crippen molar-refractivity contribution < 1.29 is 4.79 Å². The third kappa shape index (κ3) is 2.69. The van der Waals surface area contributed by atoms with Gasteiger partial charge in [0.2, 0.25) is 0 Å². The number of amides is 1. The lowest BCUT2D eigenvalue weighted by molar-refractivity contribution is 0.0653. The van der Waals surface area contributed by atoms with Crippen molar-refractivity contribution in [3.8, 4) is 6.07 Å². The Balaban J connectivity index is 1.81. The summed E-state index contributed by atoms with van der Waals surface area (Å²) in [5, 5.41) is 8.70. The van der Waals surface area contributed by atoms with Gasteiger partial charge in [0, 0.05) is 38.6 Å². The monoisotopic (exact) mass is 281 g/mol. The molecule has 6 nitrogen and oxygen atoms in total. The molecule has 1 aliphatic rings. The summed E-state index contributed by atoms with van der Waals surface area (Å²) in [4.78, 5) is 25.0. The third-order valence-electron chi connectivity index (χ3n) is 3.68. The number of rotatable bonds is 2. The summed E-state index contributed by atoms with van der Waals surface area (Å²) in [6, 6.07) is 7.61. The van der Waals surface area contributed by atoms with Crippen molar-refractivity contribution in [2.24, 2.45) is 0 Å². The van der Waals surface area contributed by atoms with Crippen molar-refractivity contribution >= 4 is 16.9 Å². The van der Waals surface area contributed by atoms with Gasteiger partial charge in [0.1, 0.15) is 5.52 Å². The minimum absolute atomic E-state index is 0.0160. The van der Waals surface area contributed by atoms with Crippen molar-refractivity contribution in [2.45, 2.75) is 0 Å². The first-order chi connectivity index (χ1) is 10.3. The maximum Gasteiger partial charge on any atom is 0.256 e. The van der Waals surface area contributed by atoms with Crippen LogP contribution in [0.1, 0.15) is 10.4 Å². The molecule has 6 heteroatoms. The zero-order valence-corrected chi connectivity index (χ0v) is 11.6. The predicted molar refractivity (Wildman–Crippen MR) is 77.5 cm³/mol. The minimum atomic E-state index is -0.0160. The summed E-state index contributed by atoms with van der Waals surface area (Å²) in [6.07, 6.45) is 3.22. The van der Waals surface area contributed by atoms with E-state index in [1.165, 1.54) is 0 Å². The first-order valence-corrected chi connectivity index (χ1v) is 6.88. The van der Waals surface area contributed by atoms with E-state index in [4.69, 9.17) is 5.26 Å². The number of benzene rings is 1. The Morgan fingerprint density at radius 3 is 2.71 bits per heavy atom. The maximum absolute atomic E-state index is 12.7. The van der Waals surface area contributed by atoms with Crippen molar-refractivity contribution in [3.05, 3.63) is 36.2 Å². The average Bonchev–Trinajstić information content (AvgIpc) is 2.55. The fraction of sp³-hybridized carbons (Fsp3) is 0.333. The number of nitriles is 1. The Kier molecular flexibility index (Phi) is 3.75. The minimum Gasteiger partial charge on any atom is -0.336 e. The van der Waals surface area contributed by atoms with Gasteiger partial charge in [-0.1, -0.05) is 6.07 Å². The van der Waals surface area contributed by atoms with E-state index in [1.807, 2.05) is 21.9 Å². The van der Waals surface area contributed by atoms with Gasteiger partial charge >= 0.3 is 0 Å². The van der Waals surface area contributed by atoms with Gasteiger partial charge in [0.25, 0.3) is 5.91 Å². The molecule has 0 spiro atoms. The van der Waals surface area contributed by atoms with E-state index in [9.17, 15) is 4.79 Å². The van der Waals surface area contributed by atoms with E-state index in [-0.39, 0.29) is 5.91 Å². The summed E-state index contributed by atoms with van der Waals surface area (Å²) < 4.78 is 0. The average molecular weight is 281 g/mol. The van der Waals surface area contributed by atoms with E-state index in [1.54, 1.807) is 18.5 Å². The van der Waals surface area contributed by atoms with Crippen molar-refractivity contribution in [2.75, 3.05) is 32.7 Å². The fourth-order valence-corrected chi connectivity index (χ4v) is 2.54. The normalized spacial score (nSPS) is 15.9. The van der Waals surface area contributed by atoms with E-state index < -0.39 is 0 Å². The van der Waals surface area contributed by atoms with Crippen LogP contribution in [-0.4, -0.2) is 58.4 Å².